The van der Waals surface area contributed by atoms with Crippen LogP contribution in [0.3, 0.4) is 0 Å². The second-order valence-electron chi connectivity index (χ2n) is 5.03. The molecule has 14 heavy (non-hydrogen) atoms. The van der Waals surface area contributed by atoms with Crippen molar-refractivity contribution in [1.82, 2.24) is 10.6 Å². The van der Waals surface area contributed by atoms with Gasteiger partial charge in [-0.1, -0.05) is 0 Å². The summed E-state index contributed by atoms with van der Waals surface area (Å²) in [6.07, 6.45) is 4.76. The molecule has 2 aliphatic carbocycles. The van der Waals surface area contributed by atoms with E-state index in [4.69, 9.17) is 4.74 Å². The average Bonchev–Trinajstić information content (AvgIpc) is 2.85. The van der Waals surface area contributed by atoms with Gasteiger partial charge in [0.1, 0.15) is 0 Å². The van der Waals surface area contributed by atoms with Crippen molar-refractivity contribution in [1.29, 1.82) is 0 Å². The standard InChI is InChI=1S/C11H20N2O/c1-2-14-11(6-12-1)7-13-10-4-8-3-9(8)5-10/h8-13H,1-7H2. The van der Waals surface area contributed by atoms with Crippen molar-refractivity contribution < 1.29 is 4.74 Å². The van der Waals surface area contributed by atoms with E-state index in [1.54, 1.807) is 0 Å². The van der Waals surface area contributed by atoms with Crippen LogP contribution in [0, 0.1) is 11.8 Å². The van der Waals surface area contributed by atoms with E-state index >= 15 is 0 Å². The summed E-state index contributed by atoms with van der Waals surface area (Å²) in [6.45, 7) is 3.95. The van der Waals surface area contributed by atoms with Gasteiger partial charge in [0.2, 0.25) is 0 Å². The van der Waals surface area contributed by atoms with Gasteiger partial charge in [-0.15, -0.1) is 0 Å². The molecule has 0 spiro atoms. The summed E-state index contributed by atoms with van der Waals surface area (Å²) in [5.74, 6) is 2.16. The van der Waals surface area contributed by atoms with Crippen LogP contribution in [0.5, 0.6) is 0 Å². The first-order chi connectivity index (χ1) is 6.92. The number of fused-ring (bicyclic) bond motifs is 1. The van der Waals surface area contributed by atoms with Crippen LogP contribution in [0.4, 0.5) is 0 Å². The van der Waals surface area contributed by atoms with E-state index in [-0.39, 0.29) is 0 Å². The first-order valence-electron chi connectivity index (χ1n) is 5.97. The number of ether oxygens (including phenoxy) is 1. The molecule has 80 valence electrons. The van der Waals surface area contributed by atoms with Gasteiger partial charge in [0, 0.05) is 25.7 Å². The maximum atomic E-state index is 5.65. The van der Waals surface area contributed by atoms with Crippen molar-refractivity contribution in [3.05, 3.63) is 0 Å². The van der Waals surface area contributed by atoms with Gasteiger partial charge in [-0.05, 0) is 31.1 Å². The maximum absolute atomic E-state index is 5.65. The Hall–Kier alpha value is -0.120. The summed E-state index contributed by atoms with van der Waals surface area (Å²) in [7, 11) is 0. The van der Waals surface area contributed by atoms with Crippen LogP contribution in [0.25, 0.3) is 0 Å². The van der Waals surface area contributed by atoms with E-state index in [0.717, 1.165) is 44.1 Å². The van der Waals surface area contributed by atoms with Gasteiger partial charge in [-0.25, -0.2) is 0 Å². The smallest absolute Gasteiger partial charge is 0.0824 e. The maximum Gasteiger partial charge on any atom is 0.0824 e. The Morgan fingerprint density at radius 2 is 2.07 bits per heavy atom. The van der Waals surface area contributed by atoms with Crippen molar-refractivity contribution >= 4 is 0 Å². The molecule has 1 heterocycles. The molecule has 0 aromatic rings. The predicted octanol–water partition coefficient (Wildman–Crippen LogP) is 0.363. The Labute approximate surface area is 85.6 Å². The monoisotopic (exact) mass is 196 g/mol. The number of rotatable bonds is 3. The highest BCUT2D eigenvalue weighted by atomic mass is 16.5. The molecule has 0 aromatic carbocycles. The molecule has 3 aliphatic rings. The summed E-state index contributed by atoms with van der Waals surface area (Å²) in [6, 6.07) is 0.796. The van der Waals surface area contributed by atoms with Crippen molar-refractivity contribution in [2.75, 3.05) is 26.2 Å². The zero-order chi connectivity index (χ0) is 9.38. The molecular weight excluding hydrogens is 176 g/mol. The minimum Gasteiger partial charge on any atom is -0.374 e. The van der Waals surface area contributed by atoms with Crippen LogP contribution in [0.1, 0.15) is 19.3 Å². The van der Waals surface area contributed by atoms with Gasteiger partial charge in [-0.3, -0.25) is 0 Å². The zero-order valence-electron chi connectivity index (χ0n) is 8.67. The summed E-state index contributed by atoms with van der Waals surface area (Å²) >= 11 is 0. The SMILES string of the molecule is C1COC(CNC2CC3CC3C2)CN1. The first kappa shape index (κ1) is 9.13. The fourth-order valence-corrected chi connectivity index (χ4v) is 2.93. The van der Waals surface area contributed by atoms with E-state index in [2.05, 4.69) is 10.6 Å². The van der Waals surface area contributed by atoms with Crippen LogP contribution >= 0.6 is 0 Å². The molecule has 1 aliphatic heterocycles. The molecule has 3 unspecified atom stereocenters. The number of hydrogen-bond acceptors (Lipinski definition) is 3. The molecule has 0 amide bonds. The van der Waals surface area contributed by atoms with Crippen LogP contribution in [0.2, 0.25) is 0 Å². The Balaban J connectivity index is 1.36. The average molecular weight is 196 g/mol. The van der Waals surface area contributed by atoms with Crippen LogP contribution in [-0.2, 0) is 4.74 Å². The van der Waals surface area contributed by atoms with Crippen molar-refractivity contribution in [2.45, 2.75) is 31.4 Å². The molecule has 3 heteroatoms. The molecule has 0 bridgehead atoms. The molecule has 3 fully saturated rings. The van der Waals surface area contributed by atoms with E-state index in [1.165, 1.54) is 19.3 Å². The molecule has 2 N–H and O–H groups in total. The number of nitrogens with one attached hydrogen (secondary N) is 2. The quantitative estimate of drug-likeness (QED) is 0.684. The Morgan fingerprint density at radius 1 is 1.21 bits per heavy atom. The highest BCUT2D eigenvalue weighted by molar-refractivity contribution is 4.98. The third-order valence-corrected chi connectivity index (χ3v) is 3.88. The van der Waals surface area contributed by atoms with Crippen molar-refractivity contribution in [2.24, 2.45) is 11.8 Å². The van der Waals surface area contributed by atoms with Gasteiger partial charge < -0.3 is 15.4 Å². The molecule has 1 saturated heterocycles. The molecule has 3 rings (SSSR count). The first-order valence-corrected chi connectivity index (χ1v) is 5.97. The van der Waals surface area contributed by atoms with Crippen LogP contribution < -0.4 is 10.6 Å². The highest BCUT2D eigenvalue weighted by Crippen LogP contribution is 2.51. The largest absolute Gasteiger partial charge is 0.374 e. The van der Waals surface area contributed by atoms with Crippen LogP contribution in [-0.4, -0.2) is 38.4 Å². The molecule has 2 saturated carbocycles. The molecule has 0 radical (unpaired) electrons. The van der Waals surface area contributed by atoms with E-state index in [0.29, 0.717) is 6.10 Å². The predicted molar refractivity (Wildman–Crippen MR) is 55.2 cm³/mol. The zero-order valence-corrected chi connectivity index (χ0v) is 8.67. The fourth-order valence-electron chi connectivity index (χ4n) is 2.93. The minimum atomic E-state index is 0.403. The third kappa shape index (κ3) is 1.95. The minimum absolute atomic E-state index is 0.403. The lowest BCUT2D eigenvalue weighted by atomic mass is 10.1. The topological polar surface area (TPSA) is 33.3 Å². The van der Waals surface area contributed by atoms with Crippen LogP contribution in [0.15, 0.2) is 0 Å². The van der Waals surface area contributed by atoms with E-state index in [1.807, 2.05) is 0 Å². The van der Waals surface area contributed by atoms with Gasteiger partial charge in [0.05, 0.1) is 12.7 Å². The molecular formula is C11H20N2O. The third-order valence-electron chi connectivity index (χ3n) is 3.88. The summed E-state index contributed by atoms with van der Waals surface area (Å²) in [5, 5.41) is 7.01. The lowest BCUT2D eigenvalue weighted by molar-refractivity contribution is 0.0274. The summed E-state index contributed by atoms with van der Waals surface area (Å²) in [5.41, 5.74) is 0. The van der Waals surface area contributed by atoms with Gasteiger partial charge in [-0.2, -0.15) is 0 Å². The fraction of sp³-hybridized carbons (Fsp3) is 1.00. The molecule has 3 nitrogen and oxygen atoms in total. The summed E-state index contributed by atoms with van der Waals surface area (Å²) < 4.78 is 5.65. The Morgan fingerprint density at radius 3 is 2.79 bits per heavy atom. The normalized spacial score (nSPS) is 46.3. The van der Waals surface area contributed by atoms with Gasteiger partial charge >= 0.3 is 0 Å². The van der Waals surface area contributed by atoms with Crippen molar-refractivity contribution in [3.63, 3.8) is 0 Å². The second kappa shape index (κ2) is 3.80. The lowest BCUT2D eigenvalue weighted by Crippen LogP contribution is -2.45. The molecule has 3 atom stereocenters. The number of hydrogen-bond donors (Lipinski definition) is 2. The van der Waals surface area contributed by atoms with E-state index in [9.17, 15) is 0 Å². The van der Waals surface area contributed by atoms with Gasteiger partial charge in [0.25, 0.3) is 0 Å². The van der Waals surface area contributed by atoms with E-state index < -0.39 is 0 Å². The Bertz CT molecular complexity index is 191. The Kier molecular flexibility index (Phi) is 2.48. The molecule has 0 aromatic heterocycles. The van der Waals surface area contributed by atoms with Gasteiger partial charge in [0.15, 0.2) is 0 Å². The second-order valence-corrected chi connectivity index (χ2v) is 5.03. The lowest BCUT2D eigenvalue weighted by Gasteiger charge is -2.25. The number of morpholine rings is 1. The highest BCUT2D eigenvalue weighted by Gasteiger charge is 2.45. The van der Waals surface area contributed by atoms with Crippen molar-refractivity contribution in [3.8, 4) is 0 Å². The summed E-state index contributed by atoms with van der Waals surface area (Å²) in [4.78, 5) is 0.